The fraction of sp³-hybridized carbons (Fsp3) is 0.300. The minimum atomic E-state index is -1.26. The Kier molecular flexibility index (Phi) is 6.27. The number of ether oxygens (including phenoxy) is 1. The molecule has 16 heavy (non-hydrogen) atoms. The van der Waals surface area contributed by atoms with E-state index in [2.05, 4.69) is 0 Å². The number of carboxylic acid groups (broad SMARTS) is 2. The van der Waals surface area contributed by atoms with Crippen LogP contribution in [0, 0.1) is 0 Å². The molecule has 0 aromatic heterocycles. The van der Waals surface area contributed by atoms with Crippen molar-refractivity contribution in [3.05, 3.63) is 24.0 Å². The molecule has 0 fully saturated rings. The molecule has 0 atom stereocenters. The quantitative estimate of drug-likeness (QED) is 0.550. The molecule has 2 N–H and O–H groups in total. The summed E-state index contributed by atoms with van der Waals surface area (Å²) in [6.07, 6.45) is 5.02. The van der Waals surface area contributed by atoms with Gasteiger partial charge in [0.1, 0.15) is 5.76 Å². The van der Waals surface area contributed by atoms with Crippen molar-refractivity contribution in [2.45, 2.75) is 19.8 Å². The highest BCUT2D eigenvalue weighted by atomic mass is 16.5. The second-order valence-corrected chi connectivity index (χ2v) is 2.81. The number of carbonyl (C=O) groups is 3. The zero-order valence-corrected chi connectivity index (χ0v) is 8.67. The van der Waals surface area contributed by atoms with Crippen molar-refractivity contribution in [2.75, 3.05) is 0 Å². The summed E-state index contributed by atoms with van der Waals surface area (Å²) in [5.74, 6) is -1.90. The fourth-order valence-electron chi connectivity index (χ4n) is 0.682. The second-order valence-electron chi connectivity index (χ2n) is 2.81. The van der Waals surface area contributed by atoms with E-state index in [4.69, 9.17) is 14.9 Å². The van der Waals surface area contributed by atoms with Gasteiger partial charge < -0.3 is 14.9 Å². The van der Waals surface area contributed by atoms with Crippen LogP contribution in [-0.4, -0.2) is 28.1 Å². The van der Waals surface area contributed by atoms with E-state index in [0.29, 0.717) is 12.2 Å². The van der Waals surface area contributed by atoms with Crippen LogP contribution in [0.1, 0.15) is 19.8 Å². The first-order valence-electron chi connectivity index (χ1n) is 4.43. The number of hydrogen-bond donors (Lipinski definition) is 2. The van der Waals surface area contributed by atoms with Crippen LogP contribution in [0.5, 0.6) is 0 Å². The van der Waals surface area contributed by atoms with Crippen LogP contribution in [0.15, 0.2) is 24.0 Å². The van der Waals surface area contributed by atoms with Gasteiger partial charge in [0.2, 0.25) is 0 Å². The molecule has 0 unspecified atom stereocenters. The van der Waals surface area contributed by atoms with Gasteiger partial charge in [0.15, 0.2) is 0 Å². The van der Waals surface area contributed by atoms with Gasteiger partial charge in [-0.1, -0.05) is 0 Å². The molecular weight excluding hydrogens is 216 g/mol. The number of allylic oxidation sites excluding steroid dienone is 2. The molecular formula is C10H12O6. The van der Waals surface area contributed by atoms with Crippen molar-refractivity contribution in [1.82, 2.24) is 0 Å². The molecule has 0 amide bonds. The number of rotatable bonds is 3. The van der Waals surface area contributed by atoms with Crippen LogP contribution in [0.3, 0.4) is 0 Å². The molecule has 0 saturated carbocycles. The number of carboxylic acids is 2. The van der Waals surface area contributed by atoms with Crippen molar-refractivity contribution in [2.24, 2.45) is 0 Å². The highest BCUT2D eigenvalue weighted by Gasteiger charge is 2.07. The molecule has 0 heterocycles. The third kappa shape index (κ3) is 8.49. The maximum absolute atomic E-state index is 10.2. The lowest BCUT2D eigenvalue weighted by atomic mass is 10.1. The summed E-state index contributed by atoms with van der Waals surface area (Å²) in [4.78, 5) is 29.3. The molecule has 1 rings (SSSR count). The maximum atomic E-state index is 10.2. The standard InChI is InChI=1S/C6H8O2.C4H4O4/c1-5(7)8-6-3-2-4-6;5-3(6)1-2-4(7)8/h3H,2,4H2,1H3;1-2H,(H,5,6)(H,7,8)/b;2-1-. The first-order valence-corrected chi connectivity index (χ1v) is 4.43. The van der Waals surface area contributed by atoms with Gasteiger partial charge in [-0.15, -0.1) is 0 Å². The summed E-state index contributed by atoms with van der Waals surface area (Å²) in [5, 5.41) is 15.6. The van der Waals surface area contributed by atoms with E-state index in [1.807, 2.05) is 6.08 Å². The molecule has 0 aromatic carbocycles. The molecule has 0 aliphatic heterocycles. The molecule has 0 radical (unpaired) electrons. The van der Waals surface area contributed by atoms with E-state index in [0.717, 1.165) is 18.6 Å². The third-order valence-electron chi connectivity index (χ3n) is 1.41. The number of hydrogen-bond acceptors (Lipinski definition) is 4. The molecule has 0 bridgehead atoms. The van der Waals surface area contributed by atoms with E-state index in [-0.39, 0.29) is 5.97 Å². The smallest absolute Gasteiger partial charge is 0.328 e. The molecule has 1 aliphatic rings. The van der Waals surface area contributed by atoms with Crippen LogP contribution in [0.25, 0.3) is 0 Å². The molecule has 6 nitrogen and oxygen atoms in total. The van der Waals surface area contributed by atoms with Crippen molar-refractivity contribution in [3.63, 3.8) is 0 Å². The SMILES string of the molecule is CC(=O)OC1=CCC1.O=C(O)/C=C\C(=O)O. The lowest BCUT2D eigenvalue weighted by Crippen LogP contribution is -2.03. The molecule has 0 saturated heterocycles. The average molecular weight is 228 g/mol. The Morgan fingerprint density at radius 3 is 1.81 bits per heavy atom. The first kappa shape index (κ1) is 13.9. The summed E-state index contributed by atoms with van der Waals surface area (Å²) in [5.41, 5.74) is 0. The van der Waals surface area contributed by atoms with Crippen molar-refractivity contribution in [1.29, 1.82) is 0 Å². The van der Waals surface area contributed by atoms with Gasteiger partial charge in [0.25, 0.3) is 0 Å². The van der Waals surface area contributed by atoms with Gasteiger partial charge in [-0.25, -0.2) is 9.59 Å². The topological polar surface area (TPSA) is 101 Å². The third-order valence-corrected chi connectivity index (χ3v) is 1.41. The Bertz CT molecular complexity index is 323. The summed E-state index contributed by atoms with van der Waals surface area (Å²) >= 11 is 0. The summed E-state index contributed by atoms with van der Waals surface area (Å²) in [6.45, 7) is 1.42. The average Bonchev–Trinajstić information content (AvgIpc) is 2.09. The lowest BCUT2D eigenvalue weighted by molar-refractivity contribution is -0.137. The molecule has 6 heteroatoms. The van der Waals surface area contributed by atoms with Gasteiger partial charge in [-0.3, -0.25) is 4.79 Å². The van der Waals surface area contributed by atoms with E-state index in [1.165, 1.54) is 6.92 Å². The van der Waals surface area contributed by atoms with E-state index < -0.39 is 11.9 Å². The minimum absolute atomic E-state index is 0.212. The second kappa shape index (κ2) is 7.22. The van der Waals surface area contributed by atoms with Gasteiger partial charge in [0, 0.05) is 25.5 Å². The Morgan fingerprint density at radius 2 is 1.69 bits per heavy atom. The fourth-order valence-corrected chi connectivity index (χ4v) is 0.682. The molecule has 88 valence electrons. The van der Waals surface area contributed by atoms with Crippen LogP contribution < -0.4 is 0 Å². The summed E-state index contributed by atoms with van der Waals surface area (Å²) < 4.78 is 4.71. The van der Waals surface area contributed by atoms with Crippen LogP contribution in [0.4, 0.5) is 0 Å². The van der Waals surface area contributed by atoms with Crippen LogP contribution in [-0.2, 0) is 19.1 Å². The Morgan fingerprint density at radius 1 is 1.25 bits per heavy atom. The monoisotopic (exact) mass is 228 g/mol. The zero-order valence-electron chi connectivity index (χ0n) is 8.67. The normalized spacial score (nSPS) is 12.9. The predicted octanol–water partition coefficient (Wildman–Crippen LogP) is 0.939. The lowest BCUT2D eigenvalue weighted by Gasteiger charge is -2.11. The van der Waals surface area contributed by atoms with Crippen molar-refractivity contribution >= 4 is 17.9 Å². The summed E-state index contributed by atoms with van der Waals surface area (Å²) in [6, 6.07) is 0. The molecule has 0 spiro atoms. The van der Waals surface area contributed by atoms with Crippen LogP contribution >= 0.6 is 0 Å². The van der Waals surface area contributed by atoms with Gasteiger partial charge in [0.05, 0.1) is 0 Å². The summed E-state index contributed by atoms with van der Waals surface area (Å²) in [7, 11) is 0. The molecule has 1 aliphatic carbocycles. The van der Waals surface area contributed by atoms with Crippen LogP contribution in [0.2, 0.25) is 0 Å². The predicted molar refractivity (Wildman–Crippen MR) is 53.5 cm³/mol. The minimum Gasteiger partial charge on any atom is -0.478 e. The number of aliphatic carboxylic acids is 2. The Labute approximate surface area is 91.8 Å². The Hall–Kier alpha value is -2.11. The highest BCUT2D eigenvalue weighted by molar-refractivity contribution is 5.89. The number of esters is 1. The van der Waals surface area contributed by atoms with Crippen molar-refractivity contribution in [3.8, 4) is 0 Å². The first-order chi connectivity index (χ1) is 7.41. The van der Waals surface area contributed by atoms with E-state index >= 15 is 0 Å². The number of carbonyl (C=O) groups excluding carboxylic acids is 1. The van der Waals surface area contributed by atoms with E-state index in [9.17, 15) is 14.4 Å². The van der Waals surface area contributed by atoms with Crippen molar-refractivity contribution < 1.29 is 29.3 Å². The van der Waals surface area contributed by atoms with Gasteiger partial charge in [-0.05, 0) is 12.5 Å². The maximum Gasteiger partial charge on any atom is 0.328 e. The highest BCUT2D eigenvalue weighted by Crippen LogP contribution is 2.18. The largest absolute Gasteiger partial charge is 0.478 e. The van der Waals surface area contributed by atoms with E-state index in [1.54, 1.807) is 0 Å². The zero-order chi connectivity index (χ0) is 12.6. The van der Waals surface area contributed by atoms with Gasteiger partial charge >= 0.3 is 17.9 Å². The Balaban J connectivity index is 0.000000281. The molecule has 0 aromatic rings. The van der Waals surface area contributed by atoms with Gasteiger partial charge in [-0.2, -0.15) is 0 Å².